The molecule has 2 rings (SSSR count). The lowest BCUT2D eigenvalue weighted by Crippen LogP contribution is -2.48. The second kappa shape index (κ2) is 6.32. The van der Waals surface area contributed by atoms with Gasteiger partial charge in [-0.05, 0) is 25.6 Å². The molecule has 1 atom stereocenters. The van der Waals surface area contributed by atoms with Crippen LogP contribution >= 0.6 is 11.3 Å². The average Bonchev–Trinajstić information content (AvgIpc) is 2.89. The summed E-state index contributed by atoms with van der Waals surface area (Å²) < 4.78 is 32.6. The maximum atomic E-state index is 12.5. The van der Waals surface area contributed by atoms with Crippen LogP contribution in [-0.2, 0) is 21.2 Å². The number of nitrogens with zero attached hydrogens (tertiary/aromatic N) is 1. The van der Waals surface area contributed by atoms with E-state index in [0.717, 1.165) is 11.3 Å². The number of hydrogen-bond donors (Lipinski definition) is 1. The van der Waals surface area contributed by atoms with Crippen molar-refractivity contribution in [2.45, 2.75) is 23.7 Å². The number of aryl methyl sites for hydroxylation is 1. The number of nitrogens with one attached hydrogen (secondary N) is 1. The van der Waals surface area contributed by atoms with Gasteiger partial charge in [-0.2, -0.15) is 4.31 Å². The molecule has 108 valence electrons. The van der Waals surface area contributed by atoms with E-state index >= 15 is 0 Å². The first kappa shape index (κ1) is 14.9. The number of hydrogen-bond acceptors (Lipinski definition) is 5. The largest absolute Gasteiger partial charge is 0.374 e. The summed E-state index contributed by atoms with van der Waals surface area (Å²) in [6.45, 7) is 4.00. The van der Waals surface area contributed by atoms with Crippen LogP contribution in [0.15, 0.2) is 16.3 Å². The van der Waals surface area contributed by atoms with Crippen molar-refractivity contribution < 1.29 is 13.2 Å². The van der Waals surface area contributed by atoms with Gasteiger partial charge in [-0.25, -0.2) is 8.42 Å². The van der Waals surface area contributed by atoms with Crippen LogP contribution in [0.4, 0.5) is 0 Å². The summed E-state index contributed by atoms with van der Waals surface area (Å²) in [6, 6.07) is 3.60. The summed E-state index contributed by atoms with van der Waals surface area (Å²) in [5, 5.41) is 3.02. The van der Waals surface area contributed by atoms with E-state index in [0.29, 0.717) is 30.5 Å². The molecule has 1 fully saturated rings. The van der Waals surface area contributed by atoms with Gasteiger partial charge in [-0.1, -0.05) is 6.92 Å². The van der Waals surface area contributed by atoms with Gasteiger partial charge in [0.15, 0.2) is 0 Å². The molecule has 1 N–H and O–H groups in total. The molecule has 0 aliphatic carbocycles. The second-order valence-corrected chi connectivity index (χ2v) is 7.82. The van der Waals surface area contributed by atoms with Gasteiger partial charge in [0, 0.05) is 24.5 Å². The monoisotopic (exact) mass is 304 g/mol. The molecular formula is C12H20N2O3S2. The molecule has 1 saturated heterocycles. The summed E-state index contributed by atoms with van der Waals surface area (Å²) in [5.41, 5.74) is 0. The van der Waals surface area contributed by atoms with Crippen molar-refractivity contribution in [3.63, 3.8) is 0 Å². The molecule has 1 unspecified atom stereocenters. The molecule has 7 heteroatoms. The maximum Gasteiger partial charge on any atom is 0.252 e. The van der Waals surface area contributed by atoms with Crippen molar-refractivity contribution in [2.24, 2.45) is 0 Å². The Bertz CT molecular complexity index is 511. The first-order valence-corrected chi connectivity index (χ1v) is 8.68. The molecule has 0 aromatic carbocycles. The summed E-state index contributed by atoms with van der Waals surface area (Å²) >= 11 is 1.36. The first-order valence-electron chi connectivity index (χ1n) is 6.43. The minimum Gasteiger partial charge on any atom is -0.374 e. The molecule has 0 radical (unpaired) electrons. The number of ether oxygens (including phenoxy) is 1. The first-order chi connectivity index (χ1) is 9.07. The van der Waals surface area contributed by atoms with Crippen molar-refractivity contribution >= 4 is 21.4 Å². The molecule has 0 bridgehead atoms. The SMILES string of the molecule is CCc1ccc(S(=O)(=O)N2CCOC(CNC)C2)s1. The van der Waals surface area contributed by atoms with Gasteiger partial charge in [0.1, 0.15) is 4.21 Å². The lowest BCUT2D eigenvalue weighted by atomic mass is 10.3. The summed E-state index contributed by atoms with van der Waals surface area (Å²) in [4.78, 5) is 1.10. The quantitative estimate of drug-likeness (QED) is 0.879. The van der Waals surface area contributed by atoms with Crippen LogP contribution in [-0.4, -0.2) is 52.1 Å². The number of sulfonamides is 1. The minimum absolute atomic E-state index is 0.0702. The van der Waals surface area contributed by atoms with Gasteiger partial charge in [-0.3, -0.25) is 0 Å². The predicted octanol–water partition coefficient (Wildman–Crippen LogP) is 0.919. The molecule has 1 aromatic rings. The van der Waals surface area contributed by atoms with E-state index in [2.05, 4.69) is 5.32 Å². The highest BCUT2D eigenvalue weighted by Crippen LogP contribution is 2.26. The Morgan fingerprint density at radius 2 is 2.32 bits per heavy atom. The van der Waals surface area contributed by atoms with E-state index in [-0.39, 0.29) is 6.10 Å². The van der Waals surface area contributed by atoms with Crippen LogP contribution < -0.4 is 5.32 Å². The zero-order valence-corrected chi connectivity index (χ0v) is 12.9. The molecule has 19 heavy (non-hydrogen) atoms. The van der Waals surface area contributed by atoms with E-state index in [4.69, 9.17) is 4.74 Å². The Morgan fingerprint density at radius 1 is 1.53 bits per heavy atom. The molecule has 0 amide bonds. The zero-order valence-electron chi connectivity index (χ0n) is 11.3. The fourth-order valence-electron chi connectivity index (χ4n) is 2.08. The lowest BCUT2D eigenvalue weighted by molar-refractivity contribution is 0.000880. The van der Waals surface area contributed by atoms with E-state index in [1.165, 1.54) is 15.6 Å². The second-order valence-electron chi connectivity index (χ2n) is 4.49. The summed E-state index contributed by atoms with van der Waals surface area (Å²) in [6.07, 6.45) is 0.796. The topological polar surface area (TPSA) is 58.6 Å². The van der Waals surface area contributed by atoms with E-state index in [9.17, 15) is 8.42 Å². The smallest absolute Gasteiger partial charge is 0.252 e. The van der Waals surface area contributed by atoms with Crippen molar-refractivity contribution in [3.8, 4) is 0 Å². The third-order valence-electron chi connectivity index (χ3n) is 3.11. The number of morpholine rings is 1. The standard InChI is InChI=1S/C12H20N2O3S2/c1-3-11-4-5-12(18-11)19(15,16)14-6-7-17-10(9-14)8-13-2/h4-5,10,13H,3,6-9H2,1-2H3. The van der Waals surface area contributed by atoms with Crippen molar-refractivity contribution in [3.05, 3.63) is 17.0 Å². The van der Waals surface area contributed by atoms with Crippen molar-refractivity contribution in [1.29, 1.82) is 0 Å². The summed E-state index contributed by atoms with van der Waals surface area (Å²) in [7, 11) is -1.52. The third kappa shape index (κ3) is 3.35. The molecule has 1 aliphatic heterocycles. The third-order valence-corrected chi connectivity index (χ3v) is 6.68. The maximum absolute atomic E-state index is 12.5. The Labute approximate surface area is 118 Å². The van der Waals surface area contributed by atoms with Gasteiger partial charge >= 0.3 is 0 Å². The molecule has 5 nitrogen and oxygen atoms in total. The molecule has 0 saturated carbocycles. The van der Waals surface area contributed by atoms with Crippen molar-refractivity contribution in [2.75, 3.05) is 33.3 Å². The fraction of sp³-hybridized carbons (Fsp3) is 0.667. The van der Waals surface area contributed by atoms with Crippen LogP contribution in [0.2, 0.25) is 0 Å². The van der Waals surface area contributed by atoms with Crippen LogP contribution in [0.5, 0.6) is 0 Å². The van der Waals surface area contributed by atoms with Crippen LogP contribution in [0.3, 0.4) is 0 Å². The molecular weight excluding hydrogens is 284 g/mol. The van der Waals surface area contributed by atoms with E-state index in [1.54, 1.807) is 6.07 Å². The van der Waals surface area contributed by atoms with Crippen LogP contribution in [0, 0.1) is 0 Å². The highest BCUT2D eigenvalue weighted by atomic mass is 32.2. The number of thiophene rings is 1. The van der Waals surface area contributed by atoms with Gasteiger partial charge in [-0.15, -0.1) is 11.3 Å². The normalized spacial score (nSPS) is 21.7. The zero-order chi connectivity index (χ0) is 13.9. The van der Waals surface area contributed by atoms with Gasteiger partial charge in [0.2, 0.25) is 0 Å². The Kier molecular flexibility index (Phi) is 4.97. The van der Waals surface area contributed by atoms with Crippen LogP contribution in [0.25, 0.3) is 0 Å². The predicted molar refractivity (Wildman–Crippen MR) is 76.1 cm³/mol. The highest BCUT2D eigenvalue weighted by Gasteiger charge is 2.31. The molecule has 2 heterocycles. The highest BCUT2D eigenvalue weighted by molar-refractivity contribution is 7.91. The number of rotatable bonds is 5. The van der Waals surface area contributed by atoms with E-state index in [1.807, 2.05) is 20.0 Å². The van der Waals surface area contributed by atoms with Crippen LogP contribution in [0.1, 0.15) is 11.8 Å². The number of likely N-dealkylation sites (N-methyl/N-ethyl adjacent to an activating group) is 1. The summed E-state index contributed by atoms with van der Waals surface area (Å²) in [5.74, 6) is 0. The fourth-order valence-corrected chi connectivity index (χ4v) is 4.98. The molecule has 1 aliphatic rings. The molecule has 1 aromatic heterocycles. The molecule has 0 spiro atoms. The van der Waals surface area contributed by atoms with Gasteiger partial charge in [0.25, 0.3) is 10.0 Å². The van der Waals surface area contributed by atoms with Gasteiger partial charge in [0.05, 0.1) is 12.7 Å². The lowest BCUT2D eigenvalue weighted by Gasteiger charge is -2.31. The van der Waals surface area contributed by atoms with Gasteiger partial charge < -0.3 is 10.1 Å². The minimum atomic E-state index is -3.36. The Hall–Kier alpha value is -0.470. The Balaban J connectivity index is 2.14. The van der Waals surface area contributed by atoms with E-state index < -0.39 is 10.0 Å². The van der Waals surface area contributed by atoms with Crippen molar-refractivity contribution in [1.82, 2.24) is 9.62 Å². The average molecular weight is 304 g/mol. The Morgan fingerprint density at radius 3 is 2.95 bits per heavy atom.